The first-order chi connectivity index (χ1) is 21.9. The Kier molecular flexibility index (Phi) is 10.7. The number of hydrogen-bond donors (Lipinski definition) is 1. The third-order valence-electron chi connectivity index (χ3n) is 6.56. The van der Waals surface area contributed by atoms with E-state index in [-0.39, 0.29) is 19.9 Å². The molecule has 0 aliphatic carbocycles. The van der Waals surface area contributed by atoms with Crippen LogP contribution in [0.3, 0.4) is 0 Å². The van der Waals surface area contributed by atoms with Gasteiger partial charge in [-0.25, -0.2) is 9.55 Å². The fraction of sp³-hybridized carbons (Fsp3) is 0.212. The van der Waals surface area contributed by atoms with E-state index in [1.807, 2.05) is 78.9 Å². The molecule has 1 amide bonds. The van der Waals surface area contributed by atoms with Crippen LogP contribution in [-0.2, 0) is 44.7 Å². The Morgan fingerprint density at radius 3 is 2.42 bits per heavy atom. The lowest BCUT2D eigenvalue weighted by atomic mass is 10.1. The number of benzene rings is 2. The number of nitrogens with one attached hydrogen (secondary N) is 1. The summed E-state index contributed by atoms with van der Waals surface area (Å²) in [6.07, 6.45) is 3.23. The minimum absolute atomic E-state index is 0.135. The average molecular weight is 630 g/mol. The highest BCUT2D eigenvalue weighted by Crippen LogP contribution is 2.44. The van der Waals surface area contributed by atoms with Gasteiger partial charge in [-0.3, -0.25) is 9.09 Å². The van der Waals surface area contributed by atoms with Crippen LogP contribution in [0.4, 0.5) is 10.6 Å². The molecule has 0 saturated carbocycles. The summed E-state index contributed by atoms with van der Waals surface area (Å²) in [6, 6.07) is 28.3. The molecule has 3 aromatic heterocycles. The number of rotatable bonds is 14. The molecule has 0 aliphatic heterocycles. The van der Waals surface area contributed by atoms with Gasteiger partial charge in [-0.05, 0) is 41.8 Å². The summed E-state index contributed by atoms with van der Waals surface area (Å²) < 4.78 is 42.4. The summed E-state index contributed by atoms with van der Waals surface area (Å²) >= 11 is 0. The topological polar surface area (TPSA) is 126 Å². The van der Waals surface area contributed by atoms with Gasteiger partial charge >= 0.3 is 13.7 Å². The van der Waals surface area contributed by atoms with Crippen molar-refractivity contribution in [2.24, 2.45) is 0 Å². The molecule has 0 aliphatic rings. The van der Waals surface area contributed by atoms with Crippen LogP contribution in [0.15, 0.2) is 108 Å². The van der Waals surface area contributed by atoms with Crippen LogP contribution in [0.1, 0.15) is 29.3 Å². The Morgan fingerprint density at radius 2 is 1.67 bits per heavy atom. The molecule has 5 rings (SSSR count). The Labute approximate surface area is 261 Å². The summed E-state index contributed by atoms with van der Waals surface area (Å²) in [7, 11) is -3.45. The first kappa shape index (κ1) is 31.6. The third kappa shape index (κ3) is 9.33. The van der Waals surface area contributed by atoms with Crippen LogP contribution in [-0.4, -0.2) is 29.5 Å². The first-order valence-corrected chi connectivity index (χ1v) is 16.3. The fourth-order valence-corrected chi connectivity index (χ4v) is 5.10. The number of ether oxygens (including phenoxy) is 2. The number of anilines is 1. The monoisotopic (exact) mass is 629 g/mol. The molecule has 45 heavy (non-hydrogen) atoms. The Morgan fingerprint density at radius 1 is 0.911 bits per heavy atom. The van der Waals surface area contributed by atoms with E-state index in [1.54, 1.807) is 36.0 Å². The second-order valence-electron chi connectivity index (χ2n) is 10.0. The SMILES string of the molecule is CCOC(=O)Nc1c(-c2cc(Cc3ccc(COc4ccccn4)cc3)no2)ccc[n+]1COP(C)(=O)OCc1ccccc1. The van der Waals surface area contributed by atoms with Crippen LogP contribution in [0.2, 0.25) is 0 Å². The first-order valence-electron chi connectivity index (χ1n) is 14.3. The molecule has 0 bridgehead atoms. The molecule has 11 nitrogen and oxygen atoms in total. The quantitative estimate of drug-likeness (QED) is 0.105. The van der Waals surface area contributed by atoms with Crippen molar-refractivity contribution in [3.8, 4) is 17.2 Å². The number of carbonyl (C=O) groups is 1. The van der Waals surface area contributed by atoms with Gasteiger partial charge in [0.25, 0.3) is 5.82 Å². The second kappa shape index (κ2) is 15.3. The zero-order chi connectivity index (χ0) is 31.5. The van der Waals surface area contributed by atoms with E-state index in [4.69, 9.17) is 23.0 Å². The largest absolute Gasteiger partial charge is 0.504 e. The molecule has 12 heteroatoms. The van der Waals surface area contributed by atoms with Gasteiger partial charge in [0, 0.05) is 31.4 Å². The number of nitrogens with zero attached hydrogens (tertiary/aromatic N) is 3. The lowest BCUT2D eigenvalue weighted by Crippen LogP contribution is -2.39. The van der Waals surface area contributed by atoms with E-state index in [2.05, 4.69) is 15.5 Å². The zero-order valence-electron chi connectivity index (χ0n) is 25.0. The minimum atomic E-state index is -3.45. The summed E-state index contributed by atoms with van der Waals surface area (Å²) in [5.41, 5.74) is 4.15. The molecule has 0 fully saturated rings. The molecule has 1 atom stereocenters. The van der Waals surface area contributed by atoms with Crippen molar-refractivity contribution in [3.63, 3.8) is 0 Å². The van der Waals surface area contributed by atoms with Crippen LogP contribution in [0, 0.1) is 0 Å². The van der Waals surface area contributed by atoms with Gasteiger partial charge in [0.2, 0.25) is 12.6 Å². The van der Waals surface area contributed by atoms with Gasteiger partial charge in [0.05, 0.1) is 25.1 Å². The molecule has 2 aromatic carbocycles. The van der Waals surface area contributed by atoms with E-state index < -0.39 is 13.7 Å². The molecule has 0 radical (unpaired) electrons. The maximum absolute atomic E-state index is 13.0. The highest BCUT2D eigenvalue weighted by atomic mass is 31.2. The molecule has 1 unspecified atom stereocenters. The maximum atomic E-state index is 13.0. The number of pyridine rings is 2. The maximum Gasteiger partial charge on any atom is 0.504 e. The molecular weight excluding hydrogens is 595 g/mol. The summed E-state index contributed by atoms with van der Waals surface area (Å²) in [4.78, 5) is 16.7. The minimum Gasteiger partial charge on any atom is -0.473 e. The Hall–Kier alpha value is -4.83. The standard InChI is InChI=1S/C33H33N4O7P/c1-3-40-33(38)35-32-29(12-9-19-37(32)24-43-45(2,39)42-23-26-10-5-4-6-11-26)30-21-28(36-44-30)20-25-14-16-27(17-15-25)22-41-31-13-7-8-18-34-31/h4-19,21H,3,20,22-24H2,1-2H3/p+1. The lowest BCUT2D eigenvalue weighted by molar-refractivity contribution is -0.711. The highest BCUT2D eigenvalue weighted by Gasteiger charge is 2.26. The van der Waals surface area contributed by atoms with Crippen molar-refractivity contribution in [1.82, 2.24) is 10.1 Å². The van der Waals surface area contributed by atoms with Crippen molar-refractivity contribution < 1.29 is 37.0 Å². The predicted molar refractivity (Wildman–Crippen MR) is 166 cm³/mol. The molecule has 3 heterocycles. The van der Waals surface area contributed by atoms with Gasteiger partial charge in [0.1, 0.15) is 12.2 Å². The van der Waals surface area contributed by atoms with E-state index >= 15 is 0 Å². The van der Waals surface area contributed by atoms with Crippen LogP contribution in [0.5, 0.6) is 5.88 Å². The smallest absolute Gasteiger partial charge is 0.473 e. The Bertz CT molecular complexity index is 1730. The summed E-state index contributed by atoms with van der Waals surface area (Å²) in [5, 5.41) is 7.00. The number of aromatic nitrogens is 3. The third-order valence-corrected chi connectivity index (χ3v) is 7.75. The van der Waals surface area contributed by atoms with Gasteiger partial charge in [-0.1, -0.05) is 65.8 Å². The van der Waals surface area contributed by atoms with E-state index in [9.17, 15) is 9.36 Å². The van der Waals surface area contributed by atoms with E-state index in [0.717, 1.165) is 16.7 Å². The average Bonchev–Trinajstić information content (AvgIpc) is 3.52. The summed E-state index contributed by atoms with van der Waals surface area (Å²) in [6.45, 7) is 3.67. The molecule has 5 aromatic rings. The highest BCUT2D eigenvalue weighted by molar-refractivity contribution is 7.52. The number of amides is 1. The normalized spacial score (nSPS) is 12.3. The molecule has 1 N–H and O–H groups in total. The lowest BCUT2D eigenvalue weighted by Gasteiger charge is -2.15. The second-order valence-corrected chi connectivity index (χ2v) is 12.1. The van der Waals surface area contributed by atoms with E-state index in [0.29, 0.717) is 41.7 Å². The predicted octanol–water partition coefficient (Wildman–Crippen LogP) is 6.78. The molecular formula is C33H34N4O7P+. The van der Waals surface area contributed by atoms with Crippen molar-refractivity contribution in [3.05, 3.63) is 126 Å². The number of hydrogen-bond acceptors (Lipinski definition) is 9. The van der Waals surface area contributed by atoms with Crippen LogP contribution >= 0.6 is 7.60 Å². The van der Waals surface area contributed by atoms with Crippen LogP contribution < -0.4 is 14.6 Å². The van der Waals surface area contributed by atoms with Crippen molar-refractivity contribution in [2.75, 3.05) is 18.6 Å². The fourth-order valence-electron chi connectivity index (χ4n) is 4.31. The number of carbonyl (C=O) groups excluding carboxylic acids is 1. The van der Waals surface area contributed by atoms with Gasteiger partial charge in [0.15, 0.2) is 5.76 Å². The van der Waals surface area contributed by atoms with E-state index in [1.165, 1.54) is 6.66 Å². The van der Waals surface area contributed by atoms with Crippen LogP contribution in [0.25, 0.3) is 11.3 Å². The van der Waals surface area contributed by atoms with Crippen molar-refractivity contribution in [2.45, 2.75) is 33.3 Å². The molecule has 0 spiro atoms. The van der Waals surface area contributed by atoms with Crippen molar-refractivity contribution >= 4 is 19.5 Å². The van der Waals surface area contributed by atoms with Gasteiger partial charge in [-0.15, -0.1) is 0 Å². The Balaban J connectivity index is 1.28. The van der Waals surface area contributed by atoms with Crippen molar-refractivity contribution in [1.29, 1.82) is 0 Å². The molecule has 0 saturated heterocycles. The zero-order valence-corrected chi connectivity index (χ0v) is 25.9. The van der Waals surface area contributed by atoms with Gasteiger partial charge < -0.3 is 18.5 Å². The summed E-state index contributed by atoms with van der Waals surface area (Å²) in [5.74, 6) is 1.31. The molecule has 232 valence electrons. The van der Waals surface area contributed by atoms with Gasteiger partial charge in [-0.2, -0.15) is 10.1 Å².